The van der Waals surface area contributed by atoms with Gasteiger partial charge in [-0.05, 0) is 36.8 Å². The minimum Gasteiger partial charge on any atom is -0.454 e. The maximum absolute atomic E-state index is 12.4. The van der Waals surface area contributed by atoms with Gasteiger partial charge in [0.2, 0.25) is 6.79 Å². The molecule has 2 aromatic carbocycles. The summed E-state index contributed by atoms with van der Waals surface area (Å²) >= 11 is 0. The van der Waals surface area contributed by atoms with E-state index in [2.05, 4.69) is 10.3 Å². The number of carbonyl (C=O) groups is 1. The summed E-state index contributed by atoms with van der Waals surface area (Å²) in [5, 5.41) is 4.02. The SMILES string of the molecule is CC(NC(=O)c1cc2ccccc2[nH]1)c1ccc2c(c1)OCO2. The third-order valence-corrected chi connectivity index (χ3v) is 4.02. The molecule has 1 aromatic heterocycles. The number of aromatic amines is 1. The average Bonchev–Trinajstić information content (AvgIpc) is 3.20. The summed E-state index contributed by atoms with van der Waals surface area (Å²) in [6.45, 7) is 2.19. The molecular formula is C18H16N2O3. The fourth-order valence-electron chi connectivity index (χ4n) is 2.74. The molecule has 0 aliphatic carbocycles. The summed E-state index contributed by atoms with van der Waals surface area (Å²) in [4.78, 5) is 15.6. The number of benzene rings is 2. The van der Waals surface area contributed by atoms with E-state index in [1.54, 1.807) is 0 Å². The van der Waals surface area contributed by atoms with Crippen molar-refractivity contribution in [3.63, 3.8) is 0 Å². The fourth-order valence-corrected chi connectivity index (χ4v) is 2.74. The second-order valence-corrected chi connectivity index (χ2v) is 5.58. The zero-order chi connectivity index (χ0) is 15.8. The van der Waals surface area contributed by atoms with E-state index in [9.17, 15) is 4.79 Å². The van der Waals surface area contributed by atoms with Gasteiger partial charge in [-0.25, -0.2) is 0 Å². The Morgan fingerprint density at radius 3 is 2.83 bits per heavy atom. The number of ether oxygens (including phenoxy) is 2. The van der Waals surface area contributed by atoms with Gasteiger partial charge in [-0.15, -0.1) is 0 Å². The standard InChI is InChI=1S/C18H16N2O3/c1-11(12-6-7-16-17(9-12)23-10-22-16)19-18(21)15-8-13-4-2-3-5-14(13)20-15/h2-9,11,20H,10H2,1H3,(H,19,21). The Bertz CT molecular complexity index is 852. The number of nitrogens with one attached hydrogen (secondary N) is 2. The van der Waals surface area contributed by atoms with E-state index in [-0.39, 0.29) is 18.7 Å². The molecule has 0 fully saturated rings. The first-order chi connectivity index (χ1) is 11.2. The lowest BCUT2D eigenvalue weighted by molar-refractivity contribution is 0.0935. The summed E-state index contributed by atoms with van der Waals surface area (Å²) < 4.78 is 10.7. The van der Waals surface area contributed by atoms with Crippen molar-refractivity contribution >= 4 is 16.8 Å². The summed E-state index contributed by atoms with van der Waals surface area (Å²) in [6, 6.07) is 15.2. The minimum atomic E-state index is -0.136. The number of hydrogen-bond acceptors (Lipinski definition) is 3. The predicted octanol–water partition coefficient (Wildman–Crippen LogP) is 3.39. The molecule has 0 radical (unpaired) electrons. The summed E-state index contributed by atoms with van der Waals surface area (Å²) in [5.74, 6) is 1.32. The van der Waals surface area contributed by atoms with Crippen molar-refractivity contribution in [2.75, 3.05) is 6.79 Å². The van der Waals surface area contributed by atoms with Crippen LogP contribution in [0.1, 0.15) is 29.0 Å². The van der Waals surface area contributed by atoms with Gasteiger partial charge in [0.05, 0.1) is 6.04 Å². The number of fused-ring (bicyclic) bond motifs is 2. The van der Waals surface area contributed by atoms with Gasteiger partial charge in [0.25, 0.3) is 5.91 Å². The van der Waals surface area contributed by atoms with Crippen LogP contribution >= 0.6 is 0 Å². The van der Waals surface area contributed by atoms with E-state index in [0.29, 0.717) is 11.4 Å². The first-order valence-electron chi connectivity index (χ1n) is 7.49. The number of hydrogen-bond donors (Lipinski definition) is 2. The monoisotopic (exact) mass is 308 g/mol. The number of amides is 1. The average molecular weight is 308 g/mol. The van der Waals surface area contributed by atoms with Crippen LogP contribution in [-0.4, -0.2) is 17.7 Å². The van der Waals surface area contributed by atoms with E-state index in [1.807, 2.05) is 55.5 Å². The Hall–Kier alpha value is -2.95. The Kier molecular flexibility index (Phi) is 3.19. The van der Waals surface area contributed by atoms with Crippen LogP contribution in [0.15, 0.2) is 48.5 Å². The molecule has 23 heavy (non-hydrogen) atoms. The number of H-pyrrole nitrogens is 1. The van der Waals surface area contributed by atoms with Crippen LogP contribution in [0.25, 0.3) is 10.9 Å². The van der Waals surface area contributed by atoms with Crippen molar-refractivity contribution in [2.24, 2.45) is 0 Å². The van der Waals surface area contributed by atoms with E-state index in [0.717, 1.165) is 22.2 Å². The lowest BCUT2D eigenvalue weighted by Crippen LogP contribution is -2.26. The van der Waals surface area contributed by atoms with Crippen LogP contribution in [0.2, 0.25) is 0 Å². The van der Waals surface area contributed by atoms with E-state index in [4.69, 9.17) is 9.47 Å². The van der Waals surface area contributed by atoms with E-state index < -0.39 is 0 Å². The van der Waals surface area contributed by atoms with E-state index in [1.165, 1.54) is 0 Å². The molecule has 2 N–H and O–H groups in total. The first kappa shape index (κ1) is 13.7. The van der Waals surface area contributed by atoms with Crippen molar-refractivity contribution in [3.8, 4) is 11.5 Å². The van der Waals surface area contributed by atoms with E-state index >= 15 is 0 Å². The third kappa shape index (κ3) is 2.50. The topological polar surface area (TPSA) is 63.4 Å². The largest absolute Gasteiger partial charge is 0.454 e. The molecule has 1 unspecified atom stereocenters. The van der Waals surface area contributed by atoms with Crippen molar-refractivity contribution in [3.05, 3.63) is 59.8 Å². The van der Waals surface area contributed by atoms with Crippen molar-refractivity contribution in [1.29, 1.82) is 0 Å². The summed E-state index contributed by atoms with van der Waals surface area (Å²) in [7, 11) is 0. The molecule has 3 aromatic rings. The predicted molar refractivity (Wildman–Crippen MR) is 86.7 cm³/mol. The number of carbonyl (C=O) groups excluding carboxylic acids is 1. The van der Waals surface area contributed by atoms with Gasteiger partial charge in [-0.1, -0.05) is 24.3 Å². The zero-order valence-corrected chi connectivity index (χ0v) is 12.6. The Morgan fingerprint density at radius 1 is 1.13 bits per heavy atom. The normalized spacial score (nSPS) is 14.0. The molecule has 1 amide bonds. The molecule has 0 saturated carbocycles. The number of aromatic nitrogens is 1. The van der Waals surface area contributed by atoms with Crippen LogP contribution in [0.5, 0.6) is 11.5 Å². The highest BCUT2D eigenvalue weighted by atomic mass is 16.7. The quantitative estimate of drug-likeness (QED) is 0.779. The van der Waals surface area contributed by atoms with Crippen molar-refractivity contribution in [1.82, 2.24) is 10.3 Å². The van der Waals surface area contributed by atoms with Crippen LogP contribution in [0.4, 0.5) is 0 Å². The third-order valence-electron chi connectivity index (χ3n) is 4.02. The van der Waals surface area contributed by atoms with Crippen LogP contribution in [0.3, 0.4) is 0 Å². The molecule has 5 nitrogen and oxygen atoms in total. The summed E-state index contributed by atoms with van der Waals surface area (Å²) in [5.41, 5.74) is 2.48. The maximum Gasteiger partial charge on any atom is 0.268 e. The molecule has 0 saturated heterocycles. The second-order valence-electron chi connectivity index (χ2n) is 5.58. The molecule has 5 heteroatoms. The number of rotatable bonds is 3. The van der Waals surface area contributed by atoms with Crippen LogP contribution < -0.4 is 14.8 Å². The lowest BCUT2D eigenvalue weighted by atomic mass is 10.1. The smallest absolute Gasteiger partial charge is 0.268 e. The highest BCUT2D eigenvalue weighted by molar-refractivity contribution is 5.98. The van der Waals surface area contributed by atoms with Gasteiger partial charge in [-0.2, -0.15) is 0 Å². The molecule has 0 bridgehead atoms. The van der Waals surface area contributed by atoms with Crippen molar-refractivity contribution < 1.29 is 14.3 Å². The van der Waals surface area contributed by atoms with Gasteiger partial charge < -0.3 is 19.8 Å². The van der Waals surface area contributed by atoms with Gasteiger partial charge in [0.15, 0.2) is 11.5 Å². The highest BCUT2D eigenvalue weighted by Crippen LogP contribution is 2.34. The second kappa shape index (κ2) is 5.35. The molecule has 1 aliphatic rings. The molecule has 4 rings (SSSR count). The Morgan fingerprint density at radius 2 is 1.96 bits per heavy atom. The molecule has 0 spiro atoms. The molecule has 1 aliphatic heterocycles. The molecule has 1 atom stereocenters. The zero-order valence-electron chi connectivity index (χ0n) is 12.6. The van der Waals surface area contributed by atoms with Crippen molar-refractivity contribution in [2.45, 2.75) is 13.0 Å². The molecular weight excluding hydrogens is 292 g/mol. The van der Waals surface area contributed by atoms with Gasteiger partial charge in [0.1, 0.15) is 5.69 Å². The van der Waals surface area contributed by atoms with Gasteiger partial charge in [-0.3, -0.25) is 4.79 Å². The number of para-hydroxylation sites is 1. The Labute approximate surface area is 133 Å². The highest BCUT2D eigenvalue weighted by Gasteiger charge is 2.18. The molecule has 116 valence electrons. The minimum absolute atomic E-state index is 0.133. The van der Waals surface area contributed by atoms with Gasteiger partial charge >= 0.3 is 0 Å². The molecule has 2 heterocycles. The van der Waals surface area contributed by atoms with Gasteiger partial charge in [0, 0.05) is 10.9 Å². The lowest BCUT2D eigenvalue weighted by Gasteiger charge is -2.14. The Balaban J connectivity index is 1.53. The van der Waals surface area contributed by atoms with Crippen LogP contribution in [-0.2, 0) is 0 Å². The van der Waals surface area contributed by atoms with Crippen LogP contribution in [0, 0.1) is 0 Å². The first-order valence-corrected chi connectivity index (χ1v) is 7.49. The fraction of sp³-hybridized carbons (Fsp3) is 0.167. The summed E-state index contributed by atoms with van der Waals surface area (Å²) in [6.07, 6.45) is 0. The maximum atomic E-state index is 12.4.